The van der Waals surface area contributed by atoms with Gasteiger partial charge in [0.05, 0.1) is 36.9 Å². The van der Waals surface area contributed by atoms with Crippen molar-refractivity contribution in [2.45, 2.75) is 38.6 Å². The Morgan fingerprint density at radius 1 is 1.14 bits per heavy atom. The van der Waals surface area contributed by atoms with Crippen LogP contribution in [-0.4, -0.2) is 40.8 Å². The summed E-state index contributed by atoms with van der Waals surface area (Å²) in [6.45, 7) is 5.36. The molecule has 0 bridgehead atoms. The largest absolute Gasteiger partial charge is 0.360 e. The van der Waals surface area contributed by atoms with E-state index in [0.717, 1.165) is 17.0 Å². The van der Waals surface area contributed by atoms with Gasteiger partial charge in [-0.15, -0.1) is 0 Å². The van der Waals surface area contributed by atoms with Crippen LogP contribution in [0.2, 0.25) is 0 Å². The van der Waals surface area contributed by atoms with Gasteiger partial charge in [0.15, 0.2) is 5.76 Å². The number of benzene rings is 1. The number of nitrogens with zero attached hydrogens (tertiary/aromatic N) is 4. The van der Waals surface area contributed by atoms with Crippen LogP contribution in [-0.2, 0) is 29.5 Å². The molecule has 8 heteroatoms. The molecule has 3 aromatic rings. The Morgan fingerprint density at radius 2 is 1.89 bits per heavy atom. The molecule has 0 N–H and O–H groups in total. The van der Waals surface area contributed by atoms with Crippen molar-refractivity contribution in [3.63, 3.8) is 0 Å². The van der Waals surface area contributed by atoms with E-state index in [0.29, 0.717) is 19.6 Å². The van der Waals surface area contributed by atoms with E-state index in [1.165, 1.54) is 0 Å². The molecule has 0 fully saturated rings. The Balaban J connectivity index is 1.90. The summed E-state index contributed by atoms with van der Waals surface area (Å²) in [4.78, 5) is 6.34. The summed E-state index contributed by atoms with van der Waals surface area (Å²) in [6.07, 6.45) is 3.27. The van der Waals surface area contributed by atoms with Gasteiger partial charge in [-0.2, -0.15) is 0 Å². The molecule has 150 valence electrons. The van der Waals surface area contributed by atoms with E-state index in [4.69, 9.17) is 4.52 Å². The molecule has 7 nitrogen and oxygen atoms in total. The van der Waals surface area contributed by atoms with E-state index in [2.05, 4.69) is 10.1 Å². The maximum Gasteiger partial charge on any atom is 0.228 e. The summed E-state index contributed by atoms with van der Waals surface area (Å²) in [5.74, 6) is 0.861. The summed E-state index contributed by atoms with van der Waals surface area (Å²) >= 11 is 0. The number of hydrogen-bond acceptors (Lipinski definition) is 6. The van der Waals surface area contributed by atoms with Crippen molar-refractivity contribution in [1.82, 2.24) is 19.6 Å². The number of hydrogen-bond donors (Lipinski definition) is 0. The lowest BCUT2D eigenvalue weighted by Gasteiger charge is -2.18. The molecule has 28 heavy (non-hydrogen) atoms. The summed E-state index contributed by atoms with van der Waals surface area (Å²) in [5.41, 5.74) is 1.87. The Morgan fingerprint density at radius 3 is 2.54 bits per heavy atom. The average Bonchev–Trinajstić information content (AvgIpc) is 3.25. The zero-order valence-corrected chi connectivity index (χ0v) is 17.3. The summed E-state index contributed by atoms with van der Waals surface area (Å²) < 4.78 is 32.7. The van der Waals surface area contributed by atoms with Gasteiger partial charge in [-0.1, -0.05) is 49.3 Å². The van der Waals surface area contributed by atoms with Crippen LogP contribution in [0.1, 0.15) is 30.9 Å². The quantitative estimate of drug-likeness (QED) is 0.547. The minimum atomic E-state index is -3.47. The maximum absolute atomic E-state index is 12.9. The predicted octanol–water partition coefficient (Wildman–Crippen LogP) is 2.98. The van der Waals surface area contributed by atoms with E-state index >= 15 is 0 Å². The first kappa shape index (κ1) is 20.3. The van der Waals surface area contributed by atoms with Gasteiger partial charge in [-0.25, -0.2) is 13.4 Å². The normalized spacial score (nSPS) is 12.2. The predicted molar refractivity (Wildman–Crippen MR) is 106 cm³/mol. The molecule has 0 saturated carbocycles. The lowest BCUT2D eigenvalue weighted by Crippen LogP contribution is -2.22. The Kier molecular flexibility index (Phi) is 6.31. The van der Waals surface area contributed by atoms with Crippen LogP contribution >= 0.6 is 0 Å². The van der Waals surface area contributed by atoms with Crippen molar-refractivity contribution in [2.24, 2.45) is 5.92 Å². The van der Waals surface area contributed by atoms with Gasteiger partial charge < -0.3 is 9.09 Å². The van der Waals surface area contributed by atoms with Gasteiger partial charge in [-0.3, -0.25) is 4.90 Å². The van der Waals surface area contributed by atoms with E-state index in [1.807, 2.05) is 66.8 Å². The number of sulfone groups is 1. The smallest absolute Gasteiger partial charge is 0.228 e. The summed E-state index contributed by atoms with van der Waals surface area (Å²) in [7, 11) is -1.52. The third-order valence-electron chi connectivity index (χ3n) is 4.26. The molecule has 0 atom stereocenters. The van der Waals surface area contributed by atoms with Crippen LogP contribution in [0.15, 0.2) is 58.5 Å². The van der Waals surface area contributed by atoms with E-state index < -0.39 is 9.84 Å². The first-order chi connectivity index (χ1) is 13.3. The Hall–Kier alpha value is -2.45. The van der Waals surface area contributed by atoms with Crippen LogP contribution in [0.5, 0.6) is 0 Å². The van der Waals surface area contributed by atoms with Gasteiger partial charge in [0.1, 0.15) is 0 Å². The molecule has 0 unspecified atom stereocenters. The monoisotopic (exact) mass is 402 g/mol. The maximum atomic E-state index is 12.9. The molecular weight excluding hydrogens is 376 g/mol. The summed E-state index contributed by atoms with van der Waals surface area (Å²) in [6, 6.07) is 11.6. The van der Waals surface area contributed by atoms with Gasteiger partial charge in [0, 0.05) is 12.6 Å². The number of rotatable bonds is 9. The minimum Gasteiger partial charge on any atom is -0.360 e. The minimum absolute atomic E-state index is 0.0319. The standard InChI is InChI=1S/C20H26N4O3S/c1-16(2)15-28(25,26)20-21-11-18(13-23(3)14-19-9-10-22-27-19)24(20)12-17-7-5-4-6-8-17/h4-11,16H,12-15H2,1-3H3. The topological polar surface area (TPSA) is 81.2 Å². The average molecular weight is 403 g/mol. The molecule has 3 rings (SSSR count). The van der Waals surface area contributed by atoms with Gasteiger partial charge in [-0.05, 0) is 18.5 Å². The molecule has 0 saturated heterocycles. The Bertz CT molecular complexity index is 980. The van der Waals surface area contributed by atoms with Gasteiger partial charge in [0.25, 0.3) is 0 Å². The fourth-order valence-corrected chi connectivity index (χ4v) is 4.89. The fourth-order valence-electron chi connectivity index (χ4n) is 3.14. The van der Waals surface area contributed by atoms with Crippen LogP contribution in [0.4, 0.5) is 0 Å². The SMILES string of the molecule is CC(C)CS(=O)(=O)c1ncc(CN(C)Cc2ccno2)n1Cc1ccccc1. The first-order valence-electron chi connectivity index (χ1n) is 9.24. The van der Waals surface area contributed by atoms with Crippen LogP contribution < -0.4 is 0 Å². The highest BCUT2D eigenvalue weighted by Gasteiger charge is 2.25. The molecule has 0 amide bonds. The van der Waals surface area contributed by atoms with Gasteiger partial charge in [0.2, 0.25) is 15.0 Å². The van der Waals surface area contributed by atoms with Crippen LogP contribution in [0.3, 0.4) is 0 Å². The number of imidazole rings is 1. The van der Waals surface area contributed by atoms with E-state index in [-0.39, 0.29) is 16.8 Å². The van der Waals surface area contributed by atoms with Crippen molar-refractivity contribution < 1.29 is 12.9 Å². The highest BCUT2D eigenvalue weighted by atomic mass is 32.2. The lowest BCUT2D eigenvalue weighted by molar-refractivity contribution is 0.261. The summed E-state index contributed by atoms with van der Waals surface area (Å²) in [5, 5.41) is 3.85. The Labute approximate surface area is 165 Å². The van der Waals surface area contributed by atoms with Crippen molar-refractivity contribution in [3.8, 4) is 0 Å². The molecule has 0 radical (unpaired) electrons. The van der Waals surface area contributed by atoms with E-state index in [9.17, 15) is 8.42 Å². The molecule has 0 aliphatic carbocycles. The molecule has 1 aromatic carbocycles. The number of aromatic nitrogens is 3. The fraction of sp³-hybridized carbons (Fsp3) is 0.400. The lowest BCUT2D eigenvalue weighted by atomic mass is 10.2. The van der Waals surface area contributed by atoms with Gasteiger partial charge >= 0.3 is 0 Å². The van der Waals surface area contributed by atoms with Crippen LogP contribution in [0.25, 0.3) is 0 Å². The zero-order chi connectivity index (χ0) is 20.1. The molecule has 0 aliphatic rings. The van der Waals surface area contributed by atoms with Crippen molar-refractivity contribution in [3.05, 3.63) is 65.8 Å². The van der Waals surface area contributed by atoms with Crippen molar-refractivity contribution in [1.29, 1.82) is 0 Å². The third-order valence-corrected chi connectivity index (χ3v) is 6.25. The molecule has 0 spiro atoms. The molecule has 2 aromatic heterocycles. The molecular formula is C20H26N4O3S. The first-order valence-corrected chi connectivity index (χ1v) is 10.9. The molecule has 0 aliphatic heterocycles. The highest BCUT2D eigenvalue weighted by molar-refractivity contribution is 7.91. The van der Waals surface area contributed by atoms with Crippen LogP contribution in [0, 0.1) is 5.92 Å². The second-order valence-electron chi connectivity index (χ2n) is 7.43. The third kappa shape index (κ3) is 5.08. The second kappa shape index (κ2) is 8.70. The van der Waals surface area contributed by atoms with Crippen molar-refractivity contribution in [2.75, 3.05) is 12.8 Å². The second-order valence-corrected chi connectivity index (χ2v) is 9.36. The highest BCUT2D eigenvalue weighted by Crippen LogP contribution is 2.19. The van der Waals surface area contributed by atoms with Crippen molar-refractivity contribution >= 4 is 9.84 Å². The van der Waals surface area contributed by atoms with E-state index in [1.54, 1.807) is 12.4 Å². The zero-order valence-electron chi connectivity index (χ0n) is 16.4. The molecule has 2 heterocycles.